The van der Waals surface area contributed by atoms with Gasteiger partial charge in [0.2, 0.25) is 5.95 Å². The molecule has 0 amide bonds. The standard InChI is InChI=1S/C12H8F3N5/c13-12(14,15)9-3-8(5-17-6-9)7-1-2-20-10(4-7)18-11(16)19-20/h1-6H,(H2,16,19). The second-order valence-electron chi connectivity index (χ2n) is 4.15. The van der Waals surface area contributed by atoms with Crippen molar-refractivity contribution in [1.82, 2.24) is 19.6 Å². The van der Waals surface area contributed by atoms with Gasteiger partial charge in [-0.2, -0.15) is 18.2 Å². The highest BCUT2D eigenvalue weighted by atomic mass is 19.4. The fourth-order valence-electron chi connectivity index (χ4n) is 1.83. The lowest BCUT2D eigenvalue weighted by Gasteiger charge is -2.08. The summed E-state index contributed by atoms with van der Waals surface area (Å²) in [7, 11) is 0. The first kappa shape index (κ1) is 12.4. The van der Waals surface area contributed by atoms with E-state index in [0.29, 0.717) is 16.8 Å². The molecule has 0 aliphatic carbocycles. The van der Waals surface area contributed by atoms with Gasteiger partial charge in [0, 0.05) is 24.2 Å². The number of alkyl halides is 3. The third kappa shape index (κ3) is 2.15. The molecule has 5 nitrogen and oxygen atoms in total. The molecule has 20 heavy (non-hydrogen) atoms. The van der Waals surface area contributed by atoms with Crippen LogP contribution in [0.4, 0.5) is 19.1 Å². The largest absolute Gasteiger partial charge is 0.417 e. The molecule has 0 atom stereocenters. The van der Waals surface area contributed by atoms with Crippen LogP contribution in [0, 0.1) is 0 Å². The fourth-order valence-corrected chi connectivity index (χ4v) is 1.83. The van der Waals surface area contributed by atoms with Crippen LogP contribution in [0.25, 0.3) is 16.8 Å². The van der Waals surface area contributed by atoms with Crippen molar-refractivity contribution in [3.8, 4) is 11.1 Å². The van der Waals surface area contributed by atoms with Gasteiger partial charge in [0.25, 0.3) is 0 Å². The Kier molecular flexibility index (Phi) is 2.60. The molecular weight excluding hydrogens is 271 g/mol. The number of halogens is 3. The number of hydrogen-bond donors (Lipinski definition) is 1. The number of rotatable bonds is 1. The molecule has 102 valence electrons. The Hall–Kier alpha value is -2.64. The van der Waals surface area contributed by atoms with Crippen molar-refractivity contribution in [2.75, 3.05) is 5.73 Å². The van der Waals surface area contributed by atoms with Crippen LogP contribution >= 0.6 is 0 Å². The Morgan fingerprint density at radius 1 is 1.10 bits per heavy atom. The summed E-state index contributed by atoms with van der Waals surface area (Å²) in [6.07, 6.45) is -0.696. The van der Waals surface area contributed by atoms with E-state index in [1.165, 1.54) is 10.7 Å². The number of nitrogens with zero attached hydrogens (tertiary/aromatic N) is 4. The second-order valence-corrected chi connectivity index (χ2v) is 4.15. The van der Waals surface area contributed by atoms with Gasteiger partial charge in [0.15, 0.2) is 5.65 Å². The van der Waals surface area contributed by atoms with Crippen LogP contribution in [0.15, 0.2) is 36.8 Å². The zero-order chi connectivity index (χ0) is 14.3. The summed E-state index contributed by atoms with van der Waals surface area (Å²) in [5.41, 5.74) is 6.03. The van der Waals surface area contributed by atoms with Gasteiger partial charge < -0.3 is 5.73 Å². The molecule has 0 saturated carbocycles. The molecule has 0 spiro atoms. The van der Waals surface area contributed by atoms with Crippen LogP contribution in [-0.2, 0) is 6.18 Å². The third-order valence-electron chi connectivity index (χ3n) is 2.75. The van der Waals surface area contributed by atoms with E-state index in [0.717, 1.165) is 12.3 Å². The van der Waals surface area contributed by atoms with Crippen molar-refractivity contribution in [2.24, 2.45) is 0 Å². The first-order valence-corrected chi connectivity index (χ1v) is 5.58. The van der Waals surface area contributed by atoms with Crippen LogP contribution < -0.4 is 5.73 Å². The van der Waals surface area contributed by atoms with Crippen LogP contribution in [0.1, 0.15) is 5.56 Å². The van der Waals surface area contributed by atoms with Crippen molar-refractivity contribution in [2.45, 2.75) is 6.18 Å². The average molecular weight is 279 g/mol. The van der Waals surface area contributed by atoms with Gasteiger partial charge in [-0.05, 0) is 23.8 Å². The van der Waals surface area contributed by atoms with E-state index < -0.39 is 11.7 Å². The number of nitrogens with two attached hydrogens (primary N) is 1. The summed E-state index contributed by atoms with van der Waals surface area (Å²) in [5.74, 6) is 0.101. The average Bonchev–Trinajstić information content (AvgIpc) is 2.77. The van der Waals surface area contributed by atoms with Crippen molar-refractivity contribution in [3.05, 3.63) is 42.4 Å². The fraction of sp³-hybridized carbons (Fsp3) is 0.0833. The second kappa shape index (κ2) is 4.19. The molecule has 3 aromatic rings. The first-order chi connectivity index (χ1) is 9.43. The van der Waals surface area contributed by atoms with E-state index in [1.54, 1.807) is 18.3 Å². The normalized spacial score (nSPS) is 11.9. The van der Waals surface area contributed by atoms with E-state index in [2.05, 4.69) is 15.1 Å². The van der Waals surface area contributed by atoms with Gasteiger partial charge in [-0.25, -0.2) is 4.52 Å². The minimum atomic E-state index is -4.42. The Bertz CT molecular complexity index is 778. The Morgan fingerprint density at radius 2 is 1.90 bits per heavy atom. The molecule has 3 rings (SSSR count). The molecule has 0 unspecified atom stereocenters. The maximum atomic E-state index is 12.7. The number of hydrogen-bond acceptors (Lipinski definition) is 4. The van der Waals surface area contributed by atoms with Gasteiger partial charge in [-0.3, -0.25) is 4.98 Å². The summed E-state index contributed by atoms with van der Waals surface area (Å²) in [6.45, 7) is 0. The predicted molar refractivity (Wildman–Crippen MR) is 65.6 cm³/mol. The number of nitrogen functional groups attached to an aromatic ring is 1. The minimum absolute atomic E-state index is 0.101. The number of aromatic nitrogens is 4. The van der Waals surface area contributed by atoms with Crippen LogP contribution in [-0.4, -0.2) is 19.6 Å². The van der Waals surface area contributed by atoms with E-state index >= 15 is 0 Å². The molecule has 0 saturated heterocycles. The van der Waals surface area contributed by atoms with Gasteiger partial charge in [0.05, 0.1) is 5.56 Å². The highest BCUT2D eigenvalue weighted by Crippen LogP contribution is 2.31. The first-order valence-electron chi connectivity index (χ1n) is 5.58. The Balaban J connectivity index is 2.10. The lowest BCUT2D eigenvalue weighted by atomic mass is 10.1. The van der Waals surface area contributed by atoms with Crippen LogP contribution in [0.3, 0.4) is 0 Å². The number of fused-ring (bicyclic) bond motifs is 1. The van der Waals surface area contributed by atoms with E-state index in [1.807, 2.05) is 0 Å². The molecule has 0 radical (unpaired) electrons. The third-order valence-corrected chi connectivity index (χ3v) is 2.75. The minimum Gasteiger partial charge on any atom is -0.366 e. The molecule has 3 heterocycles. The van der Waals surface area contributed by atoms with Crippen molar-refractivity contribution < 1.29 is 13.2 Å². The topological polar surface area (TPSA) is 69.1 Å². The summed E-state index contributed by atoms with van der Waals surface area (Å²) in [5, 5.41) is 3.89. The summed E-state index contributed by atoms with van der Waals surface area (Å²) in [4.78, 5) is 7.58. The Labute approximate surface area is 110 Å². The Morgan fingerprint density at radius 3 is 2.65 bits per heavy atom. The smallest absolute Gasteiger partial charge is 0.366 e. The van der Waals surface area contributed by atoms with E-state index in [-0.39, 0.29) is 5.95 Å². The molecule has 0 aliphatic rings. The summed E-state index contributed by atoms with van der Waals surface area (Å²) in [6, 6.07) is 4.26. The van der Waals surface area contributed by atoms with E-state index in [4.69, 9.17) is 5.73 Å². The molecule has 3 aromatic heterocycles. The highest BCUT2D eigenvalue weighted by Gasteiger charge is 2.31. The summed E-state index contributed by atoms with van der Waals surface area (Å²) >= 11 is 0. The molecule has 2 N–H and O–H groups in total. The van der Waals surface area contributed by atoms with Gasteiger partial charge in [0.1, 0.15) is 0 Å². The van der Waals surface area contributed by atoms with Gasteiger partial charge in [-0.1, -0.05) is 0 Å². The quantitative estimate of drug-likeness (QED) is 0.742. The van der Waals surface area contributed by atoms with Gasteiger partial charge >= 0.3 is 6.18 Å². The van der Waals surface area contributed by atoms with Crippen LogP contribution in [0.5, 0.6) is 0 Å². The molecule has 0 aromatic carbocycles. The molecule has 0 bridgehead atoms. The zero-order valence-corrected chi connectivity index (χ0v) is 9.96. The highest BCUT2D eigenvalue weighted by molar-refractivity contribution is 5.67. The molecule has 0 aliphatic heterocycles. The molecular formula is C12H8F3N5. The van der Waals surface area contributed by atoms with E-state index in [9.17, 15) is 13.2 Å². The molecule has 8 heteroatoms. The van der Waals surface area contributed by atoms with Crippen molar-refractivity contribution in [3.63, 3.8) is 0 Å². The van der Waals surface area contributed by atoms with Crippen LogP contribution in [0.2, 0.25) is 0 Å². The molecule has 0 fully saturated rings. The number of anilines is 1. The zero-order valence-electron chi connectivity index (χ0n) is 9.96. The van der Waals surface area contributed by atoms with Gasteiger partial charge in [-0.15, -0.1) is 5.10 Å². The van der Waals surface area contributed by atoms with Crippen molar-refractivity contribution in [1.29, 1.82) is 0 Å². The predicted octanol–water partition coefficient (Wildman–Crippen LogP) is 2.39. The summed E-state index contributed by atoms with van der Waals surface area (Å²) < 4.78 is 39.4. The van der Waals surface area contributed by atoms with Crippen molar-refractivity contribution >= 4 is 11.6 Å². The maximum absolute atomic E-state index is 12.7. The lowest BCUT2D eigenvalue weighted by Crippen LogP contribution is -2.05. The monoisotopic (exact) mass is 279 g/mol. The SMILES string of the molecule is Nc1nc2cc(-c3cncc(C(F)(F)F)c3)ccn2n1. The maximum Gasteiger partial charge on any atom is 0.417 e. The lowest BCUT2D eigenvalue weighted by molar-refractivity contribution is -0.137. The number of pyridine rings is 2.